The van der Waals surface area contributed by atoms with E-state index < -0.39 is 0 Å². The maximum absolute atomic E-state index is 10.7. The number of rotatable bonds is 1. The van der Waals surface area contributed by atoms with Crippen LogP contribution < -0.4 is 14.2 Å². The number of methoxy groups -OCH3 is 1. The van der Waals surface area contributed by atoms with Crippen LogP contribution in [0.4, 0.5) is 0 Å². The maximum Gasteiger partial charge on any atom is 0.231 e. The zero-order valence-electron chi connectivity index (χ0n) is 15.6. The Morgan fingerprint density at radius 1 is 1.00 bits per heavy atom. The number of phenols is 1. The summed E-state index contributed by atoms with van der Waals surface area (Å²) in [6.45, 7) is 0.308. The highest BCUT2D eigenvalue weighted by atomic mass is 16.7. The molecule has 4 nitrogen and oxygen atoms in total. The fraction of sp³-hybridized carbons (Fsp3) is 0.391. The van der Waals surface area contributed by atoms with E-state index in [4.69, 9.17) is 14.2 Å². The zero-order chi connectivity index (χ0) is 18.4. The Labute approximate surface area is 159 Å². The largest absolute Gasteiger partial charge is 0.504 e. The normalized spacial score (nSPS) is 22.3. The minimum Gasteiger partial charge on any atom is -0.504 e. The number of benzene rings is 2. The Morgan fingerprint density at radius 2 is 1.81 bits per heavy atom. The third-order valence-electron chi connectivity index (χ3n) is 6.21. The van der Waals surface area contributed by atoms with Gasteiger partial charge in [0, 0.05) is 5.56 Å². The third kappa shape index (κ3) is 2.84. The number of ether oxygens (including phenoxy) is 3. The van der Waals surface area contributed by atoms with Crippen molar-refractivity contribution in [2.45, 2.75) is 44.4 Å². The molecule has 2 bridgehead atoms. The second-order valence-electron chi connectivity index (χ2n) is 7.66. The molecule has 3 aliphatic rings. The first-order chi connectivity index (χ1) is 13.2. The van der Waals surface area contributed by atoms with E-state index in [-0.39, 0.29) is 0 Å². The molecule has 1 aliphatic heterocycles. The van der Waals surface area contributed by atoms with Crippen LogP contribution in [-0.2, 0) is 19.3 Å². The molecule has 0 saturated carbocycles. The summed E-state index contributed by atoms with van der Waals surface area (Å²) >= 11 is 0. The molecule has 0 aromatic heterocycles. The summed E-state index contributed by atoms with van der Waals surface area (Å²) in [7, 11) is 1.61. The zero-order valence-corrected chi connectivity index (χ0v) is 15.6. The van der Waals surface area contributed by atoms with Gasteiger partial charge in [0.15, 0.2) is 23.0 Å². The Balaban J connectivity index is 1.62. The van der Waals surface area contributed by atoms with E-state index in [0.29, 0.717) is 24.2 Å². The van der Waals surface area contributed by atoms with Crippen LogP contribution in [0.25, 0.3) is 0 Å². The van der Waals surface area contributed by atoms with Gasteiger partial charge in [-0.1, -0.05) is 17.7 Å². The number of aromatic hydroxyl groups is 1. The molecular formula is C23H24O4. The van der Waals surface area contributed by atoms with E-state index in [1.165, 1.54) is 22.3 Å². The fourth-order valence-electron chi connectivity index (χ4n) is 4.69. The van der Waals surface area contributed by atoms with Crippen molar-refractivity contribution >= 4 is 0 Å². The van der Waals surface area contributed by atoms with Crippen LogP contribution in [-0.4, -0.2) is 19.0 Å². The second-order valence-corrected chi connectivity index (χ2v) is 7.66. The van der Waals surface area contributed by atoms with Gasteiger partial charge in [0.05, 0.1) is 7.11 Å². The lowest BCUT2D eigenvalue weighted by molar-refractivity contribution is 0.174. The van der Waals surface area contributed by atoms with Gasteiger partial charge >= 0.3 is 0 Å². The van der Waals surface area contributed by atoms with Crippen LogP contribution in [0.5, 0.6) is 23.0 Å². The van der Waals surface area contributed by atoms with Crippen LogP contribution in [0.15, 0.2) is 35.9 Å². The number of hydrogen-bond donors (Lipinski definition) is 1. The van der Waals surface area contributed by atoms with Gasteiger partial charge in [0.2, 0.25) is 6.79 Å². The van der Waals surface area contributed by atoms with E-state index >= 15 is 0 Å². The molecule has 1 atom stereocenters. The van der Waals surface area contributed by atoms with Crippen LogP contribution >= 0.6 is 0 Å². The van der Waals surface area contributed by atoms with Crippen molar-refractivity contribution in [2.75, 3.05) is 13.9 Å². The molecule has 1 heterocycles. The number of aryl methyl sites for hydroxylation is 1. The molecule has 0 spiro atoms. The Hall–Kier alpha value is -2.62. The molecule has 2 aromatic rings. The quantitative estimate of drug-likeness (QED) is 0.748. The van der Waals surface area contributed by atoms with Gasteiger partial charge in [0.1, 0.15) is 0 Å². The van der Waals surface area contributed by atoms with Gasteiger partial charge < -0.3 is 19.3 Å². The molecule has 1 N–H and O–H groups in total. The maximum atomic E-state index is 10.7. The molecule has 2 aliphatic carbocycles. The average molecular weight is 364 g/mol. The highest BCUT2D eigenvalue weighted by Gasteiger charge is 2.26. The first-order valence-electron chi connectivity index (χ1n) is 9.71. The molecule has 2 aromatic carbocycles. The summed E-state index contributed by atoms with van der Waals surface area (Å²) in [6.07, 6.45) is 8.28. The Morgan fingerprint density at radius 3 is 2.67 bits per heavy atom. The van der Waals surface area contributed by atoms with Gasteiger partial charge in [-0.25, -0.2) is 0 Å². The van der Waals surface area contributed by atoms with E-state index in [9.17, 15) is 5.11 Å². The average Bonchev–Trinajstić information content (AvgIpc) is 3.14. The number of allylic oxidation sites excluding steroid dienone is 2. The molecular weight excluding hydrogens is 340 g/mol. The molecule has 0 amide bonds. The van der Waals surface area contributed by atoms with E-state index in [2.05, 4.69) is 24.3 Å². The lowest BCUT2D eigenvalue weighted by Crippen LogP contribution is -2.09. The lowest BCUT2D eigenvalue weighted by Gasteiger charge is -2.23. The minimum absolute atomic E-state index is 0.306. The van der Waals surface area contributed by atoms with Gasteiger partial charge in [-0.15, -0.1) is 0 Å². The molecule has 140 valence electrons. The van der Waals surface area contributed by atoms with Crippen LogP contribution in [0.2, 0.25) is 0 Å². The van der Waals surface area contributed by atoms with Crippen LogP contribution in [0.1, 0.15) is 47.4 Å². The molecule has 27 heavy (non-hydrogen) atoms. The van der Waals surface area contributed by atoms with Crippen molar-refractivity contribution in [3.8, 4) is 23.0 Å². The summed E-state index contributed by atoms with van der Waals surface area (Å²) in [5.74, 6) is 2.97. The van der Waals surface area contributed by atoms with E-state index in [1.807, 2.05) is 6.07 Å². The highest BCUT2D eigenvalue weighted by Crippen LogP contribution is 2.43. The molecule has 4 heteroatoms. The summed E-state index contributed by atoms with van der Waals surface area (Å²) in [5, 5.41) is 10.7. The topological polar surface area (TPSA) is 47.9 Å². The van der Waals surface area contributed by atoms with Crippen LogP contribution in [0, 0.1) is 0 Å². The molecule has 0 fully saturated rings. The van der Waals surface area contributed by atoms with Gasteiger partial charge in [-0.3, -0.25) is 0 Å². The Bertz CT molecular complexity index is 928. The molecule has 5 rings (SSSR count). The SMILES string of the molecule is COc1ccc2c(c1O)CC/C1=C\CC(C2)c2cc3c(cc2CC1)OCO3. The summed E-state index contributed by atoms with van der Waals surface area (Å²) in [5.41, 5.74) is 6.47. The number of hydrogen-bond acceptors (Lipinski definition) is 4. The molecule has 0 radical (unpaired) electrons. The highest BCUT2D eigenvalue weighted by molar-refractivity contribution is 5.53. The summed E-state index contributed by atoms with van der Waals surface area (Å²) < 4.78 is 16.6. The molecule has 1 unspecified atom stereocenters. The van der Waals surface area contributed by atoms with Crippen molar-refractivity contribution < 1.29 is 19.3 Å². The predicted octanol–water partition coefficient (Wildman–Crippen LogP) is 4.66. The predicted molar refractivity (Wildman–Crippen MR) is 103 cm³/mol. The van der Waals surface area contributed by atoms with Crippen molar-refractivity contribution in [1.29, 1.82) is 0 Å². The van der Waals surface area contributed by atoms with E-state index in [0.717, 1.165) is 55.6 Å². The standard InChI is InChI=1S/C23H24O4/c1-25-20-9-7-15-10-16-5-2-14(4-8-18(15)23(20)24)3-6-17-11-21-22(12-19(16)17)27-13-26-21/h2,7,9,11-12,16,24H,3-6,8,10,13H2,1H3/b14-2-. The monoisotopic (exact) mass is 364 g/mol. The minimum atomic E-state index is 0.306. The van der Waals surface area contributed by atoms with Crippen molar-refractivity contribution in [3.05, 3.63) is 58.2 Å². The Kier molecular flexibility index (Phi) is 4.00. The second kappa shape index (κ2) is 6.52. The first-order valence-corrected chi connectivity index (χ1v) is 9.71. The summed E-state index contributed by atoms with van der Waals surface area (Å²) in [4.78, 5) is 0. The van der Waals surface area contributed by atoms with Gasteiger partial charge in [0.25, 0.3) is 0 Å². The third-order valence-corrected chi connectivity index (χ3v) is 6.21. The fourth-order valence-corrected chi connectivity index (χ4v) is 4.69. The van der Waals surface area contributed by atoms with Crippen molar-refractivity contribution in [3.63, 3.8) is 0 Å². The number of phenolic OH excluding ortho intramolecular Hbond substituents is 1. The van der Waals surface area contributed by atoms with Gasteiger partial charge in [-0.2, -0.15) is 0 Å². The lowest BCUT2D eigenvalue weighted by atomic mass is 9.82. The molecule has 0 saturated heterocycles. The van der Waals surface area contributed by atoms with Crippen molar-refractivity contribution in [1.82, 2.24) is 0 Å². The first kappa shape index (κ1) is 16.5. The van der Waals surface area contributed by atoms with E-state index in [1.54, 1.807) is 7.11 Å². The van der Waals surface area contributed by atoms with Gasteiger partial charge in [-0.05, 0) is 79.3 Å². The number of fused-ring (bicyclic) bond motifs is 6. The summed E-state index contributed by atoms with van der Waals surface area (Å²) in [6, 6.07) is 8.37. The van der Waals surface area contributed by atoms with Crippen molar-refractivity contribution in [2.24, 2.45) is 0 Å². The van der Waals surface area contributed by atoms with Crippen LogP contribution in [0.3, 0.4) is 0 Å². The smallest absolute Gasteiger partial charge is 0.231 e.